The van der Waals surface area contributed by atoms with Gasteiger partial charge in [-0.2, -0.15) is 0 Å². The third-order valence-electron chi connectivity index (χ3n) is 3.26. The Kier molecular flexibility index (Phi) is 3.83. The van der Waals surface area contributed by atoms with Gasteiger partial charge in [0.05, 0.1) is 13.2 Å². The number of hydrogen-bond donors (Lipinski definition) is 2. The van der Waals surface area contributed by atoms with Crippen molar-refractivity contribution in [3.8, 4) is 12.3 Å². The van der Waals surface area contributed by atoms with E-state index in [1.807, 2.05) is 6.07 Å². The number of esters is 1. The number of carbonyl (C=O) groups is 1. The second-order valence-electron chi connectivity index (χ2n) is 4.51. The predicted molar refractivity (Wildman–Crippen MR) is 75.5 cm³/mol. The van der Waals surface area contributed by atoms with Gasteiger partial charge in [0.1, 0.15) is 0 Å². The first-order chi connectivity index (χ1) is 9.00. The normalized spacial score (nSPS) is 25.8. The SMILES string of the molecule is C#CCNc1ccc(Br)cc1[C@@]1(O)C(=O)OC[C@H]1C. The molecule has 0 radical (unpaired) electrons. The minimum absolute atomic E-state index is 0.205. The first-order valence-electron chi connectivity index (χ1n) is 5.87. The van der Waals surface area contributed by atoms with Crippen molar-refractivity contribution < 1.29 is 14.6 Å². The second-order valence-corrected chi connectivity index (χ2v) is 5.43. The number of terminal acetylenes is 1. The van der Waals surface area contributed by atoms with Gasteiger partial charge >= 0.3 is 5.97 Å². The number of benzene rings is 1. The lowest BCUT2D eigenvalue weighted by Gasteiger charge is -2.26. The van der Waals surface area contributed by atoms with Gasteiger partial charge in [0, 0.05) is 21.6 Å². The Balaban J connectivity index is 2.51. The van der Waals surface area contributed by atoms with Crippen molar-refractivity contribution in [2.24, 2.45) is 5.92 Å². The van der Waals surface area contributed by atoms with Crippen LogP contribution < -0.4 is 5.32 Å². The van der Waals surface area contributed by atoms with Crippen molar-refractivity contribution in [3.05, 3.63) is 28.2 Å². The van der Waals surface area contributed by atoms with E-state index < -0.39 is 11.6 Å². The quantitative estimate of drug-likeness (QED) is 0.658. The van der Waals surface area contributed by atoms with E-state index in [1.54, 1.807) is 19.1 Å². The molecule has 0 amide bonds. The van der Waals surface area contributed by atoms with Crippen LogP contribution in [0, 0.1) is 18.3 Å². The molecule has 0 aromatic heterocycles. The number of carbonyl (C=O) groups excluding carboxylic acids is 1. The van der Waals surface area contributed by atoms with E-state index in [1.165, 1.54) is 0 Å². The highest BCUT2D eigenvalue weighted by molar-refractivity contribution is 9.10. The first kappa shape index (κ1) is 13.9. The number of cyclic esters (lactones) is 1. The molecule has 0 saturated carbocycles. The third-order valence-corrected chi connectivity index (χ3v) is 3.76. The van der Waals surface area contributed by atoms with Gasteiger partial charge < -0.3 is 15.2 Å². The molecule has 0 aliphatic carbocycles. The standard InChI is InChI=1S/C14H14BrNO3/c1-3-6-16-12-5-4-10(15)7-11(12)14(18)9(2)8-19-13(14)17/h1,4-5,7,9,16,18H,6,8H2,2H3/t9-,14-/m1/s1. The maximum atomic E-state index is 11.9. The van der Waals surface area contributed by atoms with Crippen LogP contribution in [-0.2, 0) is 15.1 Å². The van der Waals surface area contributed by atoms with E-state index in [0.717, 1.165) is 4.47 Å². The maximum Gasteiger partial charge on any atom is 0.343 e. The summed E-state index contributed by atoms with van der Waals surface area (Å²) in [6.07, 6.45) is 5.22. The minimum Gasteiger partial charge on any atom is -0.463 e. The molecule has 100 valence electrons. The molecule has 4 nitrogen and oxygen atoms in total. The van der Waals surface area contributed by atoms with E-state index >= 15 is 0 Å². The Morgan fingerprint density at radius 2 is 2.42 bits per heavy atom. The first-order valence-corrected chi connectivity index (χ1v) is 6.66. The number of rotatable bonds is 3. The van der Waals surface area contributed by atoms with Crippen LogP contribution >= 0.6 is 15.9 Å². The molecule has 0 spiro atoms. The Morgan fingerprint density at radius 3 is 3.00 bits per heavy atom. The fraction of sp³-hybridized carbons (Fsp3) is 0.357. The summed E-state index contributed by atoms with van der Waals surface area (Å²) in [4.78, 5) is 11.9. The van der Waals surface area contributed by atoms with Crippen molar-refractivity contribution >= 4 is 27.6 Å². The molecule has 1 aliphatic rings. The van der Waals surface area contributed by atoms with E-state index in [2.05, 4.69) is 27.2 Å². The molecule has 1 saturated heterocycles. The van der Waals surface area contributed by atoms with Crippen molar-refractivity contribution in [2.75, 3.05) is 18.5 Å². The summed E-state index contributed by atoms with van der Waals surface area (Å²) in [5.74, 6) is 1.52. The van der Waals surface area contributed by atoms with Gasteiger partial charge in [-0.15, -0.1) is 6.42 Å². The lowest BCUT2D eigenvalue weighted by molar-refractivity contribution is -0.155. The molecule has 5 heteroatoms. The van der Waals surface area contributed by atoms with E-state index in [4.69, 9.17) is 11.2 Å². The van der Waals surface area contributed by atoms with E-state index in [9.17, 15) is 9.90 Å². The molecular weight excluding hydrogens is 310 g/mol. The smallest absolute Gasteiger partial charge is 0.343 e. The minimum atomic E-state index is -1.64. The fourth-order valence-corrected chi connectivity index (χ4v) is 2.50. The topological polar surface area (TPSA) is 58.6 Å². The molecule has 1 aromatic rings. The van der Waals surface area contributed by atoms with Crippen LogP contribution in [0.4, 0.5) is 5.69 Å². The summed E-state index contributed by atoms with van der Waals surface area (Å²) < 4.78 is 5.73. The summed E-state index contributed by atoms with van der Waals surface area (Å²) in [6, 6.07) is 5.30. The summed E-state index contributed by atoms with van der Waals surface area (Å²) in [5.41, 5.74) is -0.526. The molecule has 1 aliphatic heterocycles. The third kappa shape index (κ3) is 2.34. The Morgan fingerprint density at radius 1 is 1.68 bits per heavy atom. The zero-order valence-electron chi connectivity index (χ0n) is 10.4. The second kappa shape index (κ2) is 5.24. The highest BCUT2D eigenvalue weighted by Crippen LogP contribution is 2.41. The van der Waals surface area contributed by atoms with Gasteiger partial charge in [0.15, 0.2) is 5.60 Å². The summed E-state index contributed by atoms with van der Waals surface area (Å²) >= 11 is 3.34. The molecule has 2 atom stereocenters. The van der Waals surface area contributed by atoms with Gasteiger partial charge in [-0.25, -0.2) is 4.79 Å². The number of halogens is 1. The Bertz CT molecular complexity index is 552. The van der Waals surface area contributed by atoms with E-state index in [0.29, 0.717) is 17.8 Å². The molecule has 0 unspecified atom stereocenters. The maximum absolute atomic E-state index is 11.9. The molecule has 0 bridgehead atoms. The van der Waals surface area contributed by atoms with Crippen molar-refractivity contribution in [2.45, 2.75) is 12.5 Å². The van der Waals surface area contributed by atoms with Gasteiger partial charge in [0.25, 0.3) is 0 Å². The van der Waals surface area contributed by atoms with Crippen molar-refractivity contribution in [1.82, 2.24) is 0 Å². The number of nitrogens with one attached hydrogen (secondary N) is 1. The highest BCUT2D eigenvalue weighted by Gasteiger charge is 2.51. The monoisotopic (exact) mass is 323 g/mol. The summed E-state index contributed by atoms with van der Waals surface area (Å²) in [5, 5.41) is 13.7. The molecule has 2 rings (SSSR count). The lowest BCUT2D eigenvalue weighted by atomic mass is 9.83. The Labute approximate surface area is 120 Å². The summed E-state index contributed by atoms with van der Waals surface area (Å²) in [7, 11) is 0. The van der Waals surface area contributed by atoms with Gasteiger partial charge in [-0.3, -0.25) is 0 Å². The highest BCUT2D eigenvalue weighted by atomic mass is 79.9. The molecular formula is C14H14BrNO3. The van der Waals surface area contributed by atoms with Crippen LogP contribution in [0.5, 0.6) is 0 Å². The van der Waals surface area contributed by atoms with Gasteiger partial charge in [0.2, 0.25) is 0 Å². The van der Waals surface area contributed by atoms with Gasteiger partial charge in [-0.1, -0.05) is 28.8 Å². The predicted octanol–water partition coefficient (Wildman–Crippen LogP) is 1.87. The largest absolute Gasteiger partial charge is 0.463 e. The molecule has 1 fully saturated rings. The molecule has 19 heavy (non-hydrogen) atoms. The number of ether oxygens (including phenoxy) is 1. The average molecular weight is 324 g/mol. The zero-order valence-corrected chi connectivity index (χ0v) is 12.0. The molecule has 1 heterocycles. The molecule has 1 aromatic carbocycles. The van der Waals surface area contributed by atoms with Crippen LogP contribution in [0.1, 0.15) is 12.5 Å². The van der Waals surface area contributed by atoms with E-state index in [-0.39, 0.29) is 12.5 Å². The average Bonchev–Trinajstić information content (AvgIpc) is 2.66. The van der Waals surface area contributed by atoms with Crippen LogP contribution in [0.2, 0.25) is 0 Å². The van der Waals surface area contributed by atoms with Crippen molar-refractivity contribution in [1.29, 1.82) is 0 Å². The molecule has 2 N–H and O–H groups in total. The number of anilines is 1. The number of aliphatic hydroxyl groups is 1. The van der Waals surface area contributed by atoms with Crippen LogP contribution in [0.3, 0.4) is 0 Å². The van der Waals surface area contributed by atoms with Gasteiger partial charge in [-0.05, 0) is 18.2 Å². The fourth-order valence-electron chi connectivity index (χ4n) is 2.14. The van der Waals surface area contributed by atoms with Crippen LogP contribution in [0.15, 0.2) is 22.7 Å². The van der Waals surface area contributed by atoms with Crippen LogP contribution in [-0.4, -0.2) is 24.2 Å². The summed E-state index contributed by atoms with van der Waals surface area (Å²) in [6.45, 7) is 2.29. The Hall–Kier alpha value is -1.51. The van der Waals surface area contributed by atoms with Crippen molar-refractivity contribution in [3.63, 3.8) is 0 Å². The lowest BCUT2D eigenvalue weighted by Crippen LogP contribution is -2.37. The number of hydrogen-bond acceptors (Lipinski definition) is 4. The zero-order chi connectivity index (χ0) is 14.0. The van der Waals surface area contributed by atoms with Crippen LogP contribution in [0.25, 0.3) is 0 Å².